The van der Waals surface area contributed by atoms with Crippen molar-refractivity contribution in [1.82, 2.24) is 24.8 Å². The minimum Gasteiger partial charge on any atom is -0.469 e. The zero-order valence-electron chi connectivity index (χ0n) is 32.6. The number of ketones is 1. The lowest BCUT2D eigenvalue weighted by Gasteiger charge is -2.27. The molecule has 4 atom stereocenters. The number of alkyl halides is 3. The number of Topliss-reactive ketones (excluding diaryl/α,β-unsaturated/α-hetero) is 1. The van der Waals surface area contributed by atoms with Crippen molar-refractivity contribution in [2.45, 2.75) is 104 Å². The fraction of sp³-hybridized carbons (Fsp3) is 0.395. The van der Waals surface area contributed by atoms with Gasteiger partial charge < -0.3 is 14.7 Å². The minimum absolute atomic E-state index is 0.0154. The number of nitrogens with zero attached hydrogens (tertiary/aromatic N) is 3. The van der Waals surface area contributed by atoms with Crippen LogP contribution in [0.4, 0.5) is 13.2 Å². The molecule has 0 saturated heterocycles. The third-order valence-electron chi connectivity index (χ3n) is 11.8. The maximum Gasteiger partial charge on any atom is 0.416 e. The number of halogens is 3. The molecule has 13 heteroatoms. The van der Waals surface area contributed by atoms with Crippen molar-refractivity contribution in [2.75, 3.05) is 7.11 Å². The Kier molecular flexibility index (Phi) is 9.78. The Bertz CT molecular complexity index is 2460. The molecule has 0 unspecified atom stereocenters. The number of ether oxygens (including phenoxy) is 1. The van der Waals surface area contributed by atoms with Crippen molar-refractivity contribution in [1.29, 1.82) is 0 Å². The number of esters is 1. The second-order valence-electron chi connectivity index (χ2n) is 15.3. The summed E-state index contributed by atoms with van der Waals surface area (Å²) in [7, 11) is 1.30. The van der Waals surface area contributed by atoms with Crippen molar-refractivity contribution in [3.63, 3.8) is 0 Å². The van der Waals surface area contributed by atoms with Gasteiger partial charge in [-0.3, -0.25) is 29.1 Å². The summed E-state index contributed by atoms with van der Waals surface area (Å²) in [5.74, 6) is -2.74. The summed E-state index contributed by atoms with van der Waals surface area (Å²) >= 11 is 0. The highest BCUT2D eigenvalue weighted by Gasteiger charge is 2.42. The number of carbonyl (C=O) groups excluding carboxylic acids is 4. The molecule has 10 nitrogen and oxygen atoms in total. The first-order valence-corrected chi connectivity index (χ1v) is 18.8. The third-order valence-corrected chi connectivity index (χ3v) is 11.8. The van der Waals surface area contributed by atoms with Crippen LogP contribution < -0.4 is 0 Å². The number of nitrogens with one attached hydrogen (secondary N) is 2. The molecule has 4 aliphatic rings. The zero-order valence-corrected chi connectivity index (χ0v) is 32.6. The Hall–Kier alpha value is -5.59. The Morgan fingerprint density at radius 3 is 2.25 bits per heavy atom. The van der Waals surface area contributed by atoms with Crippen LogP contribution in [-0.2, 0) is 27.0 Å². The van der Waals surface area contributed by atoms with Crippen molar-refractivity contribution in [2.24, 2.45) is 0 Å². The molecule has 0 spiro atoms. The summed E-state index contributed by atoms with van der Waals surface area (Å²) < 4.78 is 46.7. The van der Waals surface area contributed by atoms with Crippen LogP contribution in [0.25, 0.3) is 22.2 Å². The molecule has 6 heterocycles. The molecule has 2 amide bonds. The van der Waals surface area contributed by atoms with E-state index in [2.05, 4.69) is 23.8 Å². The molecule has 56 heavy (non-hydrogen) atoms. The maximum absolute atomic E-state index is 14.9. The number of aromatic nitrogens is 4. The van der Waals surface area contributed by atoms with E-state index in [1.165, 1.54) is 27.0 Å². The topological polar surface area (TPSA) is 138 Å². The molecular formula is C43H44F3N5O5. The number of hydrogen-bond acceptors (Lipinski definition) is 7. The van der Waals surface area contributed by atoms with Gasteiger partial charge in [-0.1, -0.05) is 32.4 Å². The number of allylic oxidation sites excluding steroid dienone is 2. The second kappa shape index (κ2) is 14.2. The van der Waals surface area contributed by atoms with Gasteiger partial charge in [0.1, 0.15) is 0 Å². The summed E-state index contributed by atoms with van der Waals surface area (Å²) in [6, 6.07) is 9.17. The van der Waals surface area contributed by atoms with Crippen LogP contribution in [0.5, 0.6) is 0 Å². The molecule has 292 valence electrons. The first kappa shape index (κ1) is 38.7. The average Bonchev–Trinajstić information content (AvgIpc) is 3.81. The SMILES string of the molecule is CC[C@H]1c2cc3[nH]c4c(c5nc(cc6nc(cc([nH]2)[C@@H]1C)C(C(C)=O)=C6C)[C@@H](C)[C@@H]5CCC(=O)OC)C(=O)N(Cc1cc(C)cc(C(F)(F)F)c1)C(=O)c4c3C. The number of carbonyl (C=O) groups is 4. The first-order valence-electron chi connectivity index (χ1n) is 18.8. The fourth-order valence-electron chi connectivity index (χ4n) is 8.76. The Morgan fingerprint density at radius 1 is 0.875 bits per heavy atom. The molecule has 2 N–H and O–H groups in total. The van der Waals surface area contributed by atoms with Gasteiger partial charge in [0.15, 0.2) is 5.78 Å². The molecule has 1 aromatic carbocycles. The van der Waals surface area contributed by atoms with Crippen LogP contribution in [0, 0.1) is 13.8 Å². The van der Waals surface area contributed by atoms with Crippen LogP contribution in [0.1, 0.15) is 155 Å². The monoisotopic (exact) mass is 767 g/mol. The molecule has 0 fully saturated rings. The van der Waals surface area contributed by atoms with Gasteiger partial charge in [-0.05, 0) is 87.6 Å². The van der Waals surface area contributed by atoms with Crippen LogP contribution in [0.3, 0.4) is 0 Å². The lowest BCUT2D eigenvalue weighted by Crippen LogP contribution is -2.40. The number of aryl methyl sites for hydroxylation is 2. The number of rotatable bonds is 7. The van der Waals surface area contributed by atoms with E-state index in [1.807, 2.05) is 26.0 Å². The second-order valence-corrected chi connectivity index (χ2v) is 15.3. The number of fused-ring (bicyclic) bond motifs is 8. The Morgan fingerprint density at radius 2 is 1.59 bits per heavy atom. The molecular weight excluding hydrogens is 723 g/mol. The summed E-state index contributed by atoms with van der Waals surface area (Å²) in [5, 5.41) is 0. The maximum atomic E-state index is 14.9. The van der Waals surface area contributed by atoms with E-state index < -0.39 is 42.0 Å². The summed E-state index contributed by atoms with van der Waals surface area (Å²) in [4.78, 5) is 73.0. The van der Waals surface area contributed by atoms with Crippen LogP contribution in [0.15, 0.2) is 36.4 Å². The van der Waals surface area contributed by atoms with Gasteiger partial charge in [0, 0.05) is 58.3 Å². The smallest absolute Gasteiger partial charge is 0.416 e. The minimum atomic E-state index is -4.63. The molecule has 0 saturated carbocycles. The number of aromatic amines is 2. The Labute approximate surface area is 322 Å². The Balaban J connectivity index is 1.57. The van der Waals surface area contributed by atoms with E-state index in [0.29, 0.717) is 50.6 Å². The van der Waals surface area contributed by atoms with E-state index >= 15 is 0 Å². The van der Waals surface area contributed by atoms with Gasteiger partial charge in [0.25, 0.3) is 11.8 Å². The van der Waals surface area contributed by atoms with Crippen LogP contribution in [-0.4, -0.2) is 55.5 Å². The highest BCUT2D eigenvalue weighted by molar-refractivity contribution is 6.27. The molecule has 0 radical (unpaired) electrons. The van der Waals surface area contributed by atoms with Crippen molar-refractivity contribution >= 4 is 45.7 Å². The first-order chi connectivity index (χ1) is 26.4. The highest BCUT2D eigenvalue weighted by atomic mass is 19.4. The van der Waals surface area contributed by atoms with Crippen molar-refractivity contribution in [3.05, 3.63) is 104 Å². The molecule has 2 aromatic heterocycles. The molecule has 7 rings (SSSR count). The molecule has 8 bridgehead atoms. The largest absolute Gasteiger partial charge is 0.469 e. The predicted octanol–water partition coefficient (Wildman–Crippen LogP) is 9.13. The standard InChI is InChI=1S/C43H44F3N5O5/c1-9-27-20(3)29-17-34-36(24(7)52)22(5)31(48-34)15-30-21(4)28(10-11-35(53)56-8)39(49-30)38-40-37(23(6)32(50-40)16-33(27)47-29)41(54)51(42(38)55)18-25-12-19(2)13-26(14-25)43(44,45)46/h12-17,20-21,27-28,47,50H,9-11,18H2,1-8H3/t20-,21+,27-,28+/m1/s1. The average molecular weight is 768 g/mol. The number of H-pyrrole nitrogens is 2. The lowest BCUT2D eigenvalue weighted by molar-refractivity contribution is -0.141. The van der Waals surface area contributed by atoms with Gasteiger partial charge in [-0.25, -0.2) is 4.98 Å². The summed E-state index contributed by atoms with van der Waals surface area (Å²) in [5.41, 5.74) is 6.20. The van der Waals surface area contributed by atoms with E-state index in [1.54, 1.807) is 13.0 Å². The van der Waals surface area contributed by atoms with E-state index in [-0.39, 0.29) is 58.6 Å². The fourth-order valence-corrected chi connectivity index (χ4v) is 8.76. The van der Waals surface area contributed by atoms with Gasteiger partial charge in [-0.2, -0.15) is 13.2 Å². The van der Waals surface area contributed by atoms with E-state index in [4.69, 9.17) is 14.7 Å². The number of amides is 2. The number of imide groups is 1. The van der Waals surface area contributed by atoms with E-state index in [0.717, 1.165) is 34.8 Å². The van der Waals surface area contributed by atoms with Crippen LogP contribution in [0.2, 0.25) is 0 Å². The third kappa shape index (κ3) is 6.50. The van der Waals surface area contributed by atoms with Crippen molar-refractivity contribution in [3.8, 4) is 0 Å². The number of hydrogen-bond donors (Lipinski definition) is 2. The molecule has 3 aromatic rings. The molecule has 0 aliphatic carbocycles. The number of methoxy groups -OCH3 is 1. The lowest BCUT2D eigenvalue weighted by atomic mass is 9.84. The highest BCUT2D eigenvalue weighted by Crippen LogP contribution is 2.46. The van der Waals surface area contributed by atoms with Crippen LogP contribution >= 0.6 is 0 Å². The quantitative estimate of drug-likeness (QED) is 0.181. The van der Waals surface area contributed by atoms with E-state index in [9.17, 15) is 32.3 Å². The summed E-state index contributed by atoms with van der Waals surface area (Å²) in [6.45, 7) is 12.4. The normalized spacial score (nSPS) is 20.1. The van der Waals surface area contributed by atoms with Gasteiger partial charge in [0.05, 0.1) is 52.9 Å². The number of benzene rings is 1. The van der Waals surface area contributed by atoms with Gasteiger partial charge in [-0.15, -0.1) is 0 Å². The molecule has 4 aliphatic heterocycles. The summed E-state index contributed by atoms with van der Waals surface area (Å²) in [6.07, 6.45) is -3.60. The zero-order chi connectivity index (χ0) is 40.5. The predicted molar refractivity (Wildman–Crippen MR) is 204 cm³/mol. The van der Waals surface area contributed by atoms with Crippen molar-refractivity contribution < 1.29 is 37.1 Å². The van der Waals surface area contributed by atoms with Gasteiger partial charge >= 0.3 is 12.1 Å². The van der Waals surface area contributed by atoms with Gasteiger partial charge in [0.2, 0.25) is 0 Å².